The van der Waals surface area contributed by atoms with E-state index in [-0.39, 0.29) is 5.91 Å². The van der Waals surface area contributed by atoms with Crippen LogP contribution in [0.15, 0.2) is 24.3 Å². The molecule has 0 saturated carbocycles. The van der Waals surface area contributed by atoms with Crippen LogP contribution in [-0.4, -0.2) is 13.0 Å². The van der Waals surface area contributed by atoms with Crippen LogP contribution in [0.25, 0.3) is 0 Å². The van der Waals surface area contributed by atoms with E-state index < -0.39 is 11.2 Å². The number of carbonyl (C=O) groups excluding carboxylic acids is 1. The predicted molar refractivity (Wildman–Crippen MR) is 77.7 cm³/mol. The molecule has 0 heterocycles. The van der Waals surface area contributed by atoms with Gasteiger partial charge in [-0.2, -0.15) is 5.26 Å². The standard InChI is InChI=1S/C16H21FN2O/c1-4-9-16(12-18,10-5-2)15(20)19(3)14-8-6-7-13(17)11-14/h6-8,11H,4-5,9-10H2,1-3H3. The largest absolute Gasteiger partial charge is 0.314 e. The molecule has 0 fully saturated rings. The van der Waals surface area contributed by atoms with Gasteiger partial charge in [0.15, 0.2) is 0 Å². The molecule has 0 aliphatic carbocycles. The van der Waals surface area contributed by atoms with Gasteiger partial charge in [-0.25, -0.2) is 4.39 Å². The van der Waals surface area contributed by atoms with Gasteiger partial charge in [0.05, 0.1) is 6.07 Å². The van der Waals surface area contributed by atoms with E-state index in [4.69, 9.17) is 0 Å². The lowest BCUT2D eigenvalue weighted by Crippen LogP contribution is -2.41. The number of amides is 1. The van der Waals surface area contributed by atoms with Crippen LogP contribution in [0.3, 0.4) is 0 Å². The zero-order valence-electron chi connectivity index (χ0n) is 12.3. The maximum atomic E-state index is 13.3. The van der Waals surface area contributed by atoms with E-state index in [0.717, 1.165) is 12.8 Å². The lowest BCUT2D eigenvalue weighted by Gasteiger charge is -2.30. The third kappa shape index (κ3) is 3.36. The van der Waals surface area contributed by atoms with Crippen molar-refractivity contribution < 1.29 is 9.18 Å². The summed E-state index contributed by atoms with van der Waals surface area (Å²) in [5, 5.41) is 9.49. The fourth-order valence-corrected chi connectivity index (χ4v) is 2.48. The maximum absolute atomic E-state index is 13.3. The minimum atomic E-state index is -1.01. The van der Waals surface area contributed by atoms with Gasteiger partial charge in [-0.3, -0.25) is 4.79 Å². The Morgan fingerprint density at radius 2 is 1.95 bits per heavy atom. The number of rotatable bonds is 6. The first-order chi connectivity index (χ1) is 9.50. The summed E-state index contributed by atoms with van der Waals surface area (Å²) in [6.07, 6.45) is 2.57. The van der Waals surface area contributed by atoms with Crippen molar-refractivity contribution >= 4 is 11.6 Å². The highest BCUT2D eigenvalue weighted by molar-refractivity contribution is 5.98. The second-order valence-corrected chi connectivity index (χ2v) is 5.04. The van der Waals surface area contributed by atoms with Crippen LogP contribution in [0.4, 0.5) is 10.1 Å². The molecule has 1 amide bonds. The molecule has 4 heteroatoms. The highest BCUT2D eigenvalue weighted by Crippen LogP contribution is 2.33. The minimum Gasteiger partial charge on any atom is -0.314 e. The number of halogens is 1. The molecule has 1 aromatic carbocycles. The first-order valence-electron chi connectivity index (χ1n) is 6.95. The van der Waals surface area contributed by atoms with Crippen LogP contribution in [0.2, 0.25) is 0 Å². The van der Waals surface area contributed by atoms with E-state index in [2.05, 4.69) is 6.07 Å². The van der Waals surface area contributed by atoms with E-state index in [0.29, 0.717) is 18.5 Å². The van der Waals surface area contributed by atoms with Crippen LogP contribution < -0.4 is 4.90 Å². The molecule has 0 spiro atoms. The Morgan fingerprint density at radius 1 is 1.35 bits per heavy atom. The summed E-state index contributed by atoms with van der Waals surface area (Å²) >= 11 is 0. The molecule has 0 N–H and O–H groups in total. The third-order valence-corrected chi connectivity index (χ3v) is 3.48. The summed E-state index contributed by atoms with van der Waals surface area (Å²) in [5.74, 6) is -0.648. The van der Waals surface area contributed by atoms with E-state index in [1.165, 1.54) is 17.0 Å². The monoisotopic (exact) mass is 276 g/mol. The molecule has 0 bridgehead atoms. The van der Waals surface area contributed by atoms with Crippen molar-refractivity contribution in [1.82, 2.24) is 0 Å². The van der Waals surface area contributed by atoms with E-state index in [9.17, 15) is 14.4 Å². The molecule has 1 rings (SSSR count). The Balaban J connectivity index is 3.09. The van der Waals surface area contributed by atoms with Gasteiger partial charge >= 0.3 is 0 Å². The minimum absolute atomic E-state index is 0.255. The van der Waals surface area contributed by atoms with Crippen molar-refractivity contribution in [2.75, 3.05) is 11.9 Å². The van der Waals surface area contributed by atoms with Gasteiger partial charge < -0.3 is 4.90 Å². The smallest absolute Gasteiger partial charge is 0.247 e. The molecule has 3 nitrogen and oxygen atoms in total. The topological polar surface area (TPSA) is 44.1 Å². The number of benzene rings is 1. The summed E-state index contributed by atoms with van der Waals surface area (Å²) in [4.78, 5) is 14.1. The highest BCUT2D eigenvalue weighted by Gasteiger charge is 2.39. The van der Waals surface area contributed by atoms with Crippen molar-refractivity contribution in [3.05, 3.63) is 30.1 Å². The zero-order valence-corrected chi connectivity index (χ0v) is 12.3. The molecule has 1 aromatic rings. The Bertz CT molecular complexity index is 501. The van der Waals surface area contributed by atoms with Gasteiger partial charge in [-0.05, 0) is 31.0 Å². The number of hydrogen-bond acceptors (Lipinski definition) is 2. The highest BCUT2D eigenvalue weighted by atomic mass is 19.1. The normalized spacial score (nSPS) is 10.9. The molecule has 0 atom stereocenters. The summed E-state index contributed by atoms with van der Waals surface area (Å²) in [5.41, 5.74) is -0.535. The van der Waals surface area contributed by atoms with Crippen LogP contribution in [0.5, 0.6) is 0 Å². The van der Waals surface area contributed by atoms with Crippen LogP contribution in [-0.2, 0) is 4.79 Å². The van der Waals surface area contributed by atoms with Gasteiger partial charge in [-0.1, -0.05) is 32.8 Å². The lowest BCUT2D eigenvalue weighted by atomic mass is 9.79. The van der Waals surface area contributed by atoms with Crippen LogP contribution in [0, 0.1) is 22.6 Å². The van der Waals surface area contributed by atoms with E-state index in [1.54, 1.807) is 19.2 Å². The molecule has 0 unspecified atom stereocenters. The third-order valence-electron chi connectivity index (χ3n) is 3.48. The SMILES string of the molecule is CCCC(C#N)(CCC)C(=O)N(C)c1cccc(F)c1. The van der Waals surface area contributed by atoms with Gasteiger partial charge in [0.2, 0.25) is 5.91 Å². The second kappa shape index (κ2) is 7.04. The first kappa shape index (κ1) is 16.2. The van der Waals surface area contributed by atoms with Gasteiger partial charge in [0, 0.05) is 12.7 Å². The summed E-state index contributed by atoms with van der Waals surface area (Å²) in [7, 11) is 1.59. The molecule has 0 radical (unpaired) electrons. The molecular formula is C16H21FN2O. The molecule has 108 valence electrons. The van der Waals surface area contributed by atoms with Crippen molar-refractivity contribution in [1.29, 1.82) is 5.26 Å². The Kier molecular flexibility index (Phi) is 5.69. The Morgan fingerprint density at radius 3 is 2.40 bits per heavy atom. The predicted octanol–water partition coefficient (Wildman–Crippen LogP) is 3.90. The molecule has 0 aliphatic rings. The molecule has 0 aliphatic heterocycles. The van der Waals surface area contributed by atoms with E-state index in [1.807, 2.05) is 13.8 Å². The average molecular weight is 276 g/mol. The molecule has 0 saturated heterocycles. The fraction of sp³-hybridized carbons (Fsp3) is 0.500. The lowest BCUT2D eigenvalue weighted by molar-refractivity contribution is -0.125. The summed E-state index contributed by atoms with van der Waals surface area (Å²) in [6.45, 7) is 3.91. The Labute approximate surface area is 120 Å². The molecule has 20 heavy (non-hydrogen) atoms. The number of nitrogens with zero attached hydrogens (tertiary/aromatic N) is 2. The number of nitriles is 1. The second-order valence-electron chi connectivity index (χ2n) is 5.04. The zero-order chi connectivity index (χ0) is 15.2. The quantitative estimate of drug-likeness (QED) is 0.791. The summed E-state index contributed by atoms with van der Waals surface area (Å²) < 4.78 is 13.3. The summed E-state index contributed by atoms with van der Waals surface area (Å²) in [6, 6.07) is 8.06. The molecular weight excluding hydrogens is 255 g/mol. The van der Waals surface area contributed by atoms with Gasteiger partial charge in [0.25, 0.3) is 0 Å². The van der Waals surface area contributed by atoms with Gasteiger partial charge in [0.1, 0.15) is 11.2 Å². The van der Waals surface area contributed by atoms with Crippen molar-refractivity contribution in [3.8, 4) is 6.07 Å². The first-order valence-corrected chi connectivity index (χ1v) is 6.95. The van der Waals surface area contributed by atoms with Crippen LogP contribution in [0.1, 0.15) is 39.5 Å². The van der Waals surface area contributed by atoms with Crippen LogP contribution >= 0.6 is 0 Å². The van der Waals surface area contributed by atoms with E-state index >= 15 is 0 Å². The van der Waals surface area contributed by atoms with Crippen molar-refractivity contribution in [3.63, 3.8) is 0 Å². The van der Waals surface area contributed by atoms with Gasteiger partial charge in [-0.15, -0.1) is 0 Å². The molecule has 0 aromatic heterocycles. The Hall–Kier alpha value is -1.89. The average Bonchev–Trinajstić information content (AvgIpc) is 2.45. The van der Waals surface area contributed by atoms with Crippen molar-refractivity contribution in [2.24, 2.45) is 5.41 Å². The fourth-order valence-electron chi connectivity index (χ4n) is 2.48. The number of carbonyl (C=O) groups is 1. The maximum Gasteiger partial charge on any atom is 0.247 e. The number of hydrogen-bond donors (Lipinski definition) is 0. The number of anilines is 1. The van der Waals surface area contributed by atoms with Crippen molar-refractivity contribution in [2.45, 2.75) is 39.5 Å².